The summed E-state index contributed by atoms with van der Waals surface area (Å²) in [7, 11) is 0. The molecule has 2 rings (SSSR count). The van der Waals surface area contributed by atoms with Gasteiger partial charge in [-0.2, -0.15) is 0 Å². The Bertz CT molecular complexity index is 1010. The summed E-state index contributed by atoms with van der Waals surface area (Å²) in [6.07, 6.45) is 3.55. The second-order valence-electron chi connectivity index (χ2n) is 11.7. The molecule has 42 heavy (non-hydrogen) atoms. The lowest BCUT2D eigenvalue weighted by molar-refractivity contribution is -0.137. The van der Waals surface area contributed by atoms with Crippen molar-refractivity contribution in [3.8, 4) is 0 Å². The van der Waals surface area contributed by atoms with Gasteiger partial charge in [0.25, 0.3) is 0 Å². The Morgan fingerprint density at radius 2 is 1.67 bits per heavy atom. The molecule has 0 aromatic heterocycles. The van der Waals surface area contributed by atoms with Crippen molar-refractivity contribution < 1.29 is 23.5 Å². The summed E-state index contributed by atoms with van der Waals surface area (Å²) in [5.74, 6) is -3.57. The number of benzene rings is 1. The van der Waals surface area contributed by atoms with Gasteiger partial charge < -0.3 is 15.3 Å². The van der Waals surface area contributed by atoms with Crippen LogP contribution in [0.2, 0.25) is 0 Å². The van der Waals surface area contributed by atoms with Crippen LogP contribution in [0.5, 0.6) is 0 Å². The van der Waals surface area contributed by atoms with Crippen LogP contribution in [-0.2, 0) is 9.59 Å². The zero-order valence-electron chi connectivity index (χ0n) is 25.8. The molecule has 1 saturated carbocycles. The van der Waals surface area contributed by atoms with Crippen molar-refractivity contribution in [1.82, 2.24) is 15.1 Å². The van der Waals surface area contributed by atoms with Gasteiger partial charge in [-0.15, -0.1) is 0 Å². The summed E-state index contributed by atoms with van der Waals surface area (Å²) in [5.41, 5.74) is 0.970. The first-order valence-electron chi connectivity index (χ1n) is 15.5. The molecule has 1 aromatic rings. The van der Waals surface area contributed by atoms with Gasteiger partial charge in [0.15, 0.2) is 0 Å². The maximum atomic E-state index is 13.7. The van der Waals surface area contributed by atoms with E-state index in [-0.39, 0.29) is 62.0 Å². The zero-order valence-corrected chi connectivity index (χ0v) is 25.8. The van der Waals surface area contributed by atoms with Crippen molar-refractivity contribution >= 4 is 23.5 Å². The van der Waals surface area contributed by atoms with E-state index in [4.69, 9.17) is 15.9 Å². The predicted octanol–water partition coefficient (Wildman–Crippen LogP) is 6.86. The summed E-state index contributed by atoms with van der Waals surface area (Å²) < 4.78 is 27.4. The normalized spacial score (nSPS) is 17.3. The molecule has 0 heterocycles. The Morgan fingerprint density at radius 3 is 2.24 bits per heavy atom. The topological polar surface area (TPSA) is 121 Å². The van der Waals surface area contributed by atoms with Gasteiger partial charge in [-0.05, 0) is 51.5 Å². The molecule has 1 amide bonds. The van der Waals surface area contributed by atoms with Gasteiger partial charge in [0.05, 0.1) is 6.04 Å². The lowest BCUT2D eigenvalue weighted by atomic mass is 9.86. The molecule has 3 unspecified atom stereocenters. The van der Waals surface area contributed by atoms with Crippen molar-refractivity contribution in [1.29, 1.82) is 10.8 Å². The maximum absolute atomic E-state index is 13.7. The molecular weight excluding hydrogens is 540 g/mol. The standard InChI is InChI=1S/C32H51F2N5O3/c1-5-11-23(3)38(22-24(4)39(28(35)6-2)29(36)14-10-15-30(40)41)21-18-27(25-12-8-7-9-13-25)37-31(42)26-16-19-32(33,34)20-17-26/h7-9,12-13,23-24,26-27,35-36H,5-6,10-11,14-22H2,1-4H3,(H,37,42)(H,40,41). The minimum Gasteiger partial charge on any atom is -0.481 e. The van der Waals surface area contributed by atoms with Crippen LogP contribution in [0.1, 0.15) is 110 Å². The number of aliphatic carboxylic acids is 1. The van der Waals surface area contributed by atoms with Gasteiger partial charge in [-0.3, -0.25) is 25.3 Å². The molecule has 0 saturated heterocycles. The summed E-state index contributed by atoms with van der Waals surface area (Å²) >= 11 is 0. The van der Waals surface area contributed by atoms with E-state index in [2.05, 4.69) is 24.1 Å². The number of hydrogen-bond donors (Lipinski definition) is 4. The van der Waals surface area contributed by atoms with Gasteiger partial charge in [0.1, 0.15) is 11.7 Å². The molecule has 0 aliphatic heterocycles. The third-order valence-electron chi connectivity index (χ3n) is 8.30. The van der Waals surface area contributed by atoms with E-state index in [9.17, 15) is 18.4 Å². The molecule has 0 radical (unpaired) electrons. The molecule has 4 N–H and O–H groups in total. The average Bonchev–Trinajstić information content (AvgIpc) is 2.94. The van der Waals surface area contributed by atoms with E-state index < -0.39 is 17.8 Å². The first-order valence-corrected chi connectivity index (χ1v) is 15.5. The molecule has 0 spiro atoms. The second-order valence-corrected chi connectivity index (χ2v) is 11.7. The molecule has 236 valence electrons. The Hall–Kier alpha value is -2.88. The molecule has 3 atom stereocenters. The SMILES string of the molecule is CCCC(C)N(CCC(NC(=O)C1CCC(F)(F)CC1)c1ccccc1)CC(C)N(C(=N)CC)C(=N)CCCC(=O)O. The van der Waals surface area contributed by atoms with E-state index in [0.29, 0.717) is 44.6 Å². The summed E-state index contributed by atoms with van der Waals surface area (Å²) in [4.78, 5) is 28.2. The van der Waals surface area contributed by atoms with Crippen molar-refractivity contribution in [3.05, 3.63) is 35.9 Å². The highest BCUT2D eigenvalue weighted by atomic mass is 19.3. The Kier molecular flexibility index (Phi) is 14.5. The monoisotopic (exact) mass is 591 g/mol. The number of carbonyl (C=O) groups is 2. The van der Waals surface area contributed by atoms with E-state index in [1.165, 1.54) is 0 Å². The molecule has 1 aliphatic carbocycles. The van der Waals surface area contributed by atoms with Crippen LogP contribution in [0.25, 0.3) is 0 Å². The quantitative estimate of drug-likeness (QED) is 0.117. The number of hydrogen-bond acceptors (Lipinski definition) is 5. The zero-order chi connectivity index (χ0) is 31.3. The first kappa shape index (κ1) is 35.3. The first-order chi connectivity index (χ1) is 19.9. The van der Waals surface area contributed by atoms with Crippen LogP contribution in [0.15, 0.2) is 30.3 Å². The smallest absolute Gasteiger partial charge is 0.303 e. The predicted molar refractivity (Wildman–Crippen MR) is 163 cm³/mol. The van der Waals surface area contributed by atoms with Gasteiger partial charge in [-0.1, -0.05) is 50.6 Å². The van der Waals surface area contributed by atoms with Crippen LogP contribution in [-0.4, -0.2) is 69.5 Å². The minimum atomic E-state index is -2.68. The number of amides is 1. The Balaban J connectivity index is 2.18. The van der Waals surface area contributed by atoms with Crippen LogP contribution in [0.3, 0.4) is 0 Å². The lowest BCUT2D eigenvalue weighted by Crippen LogP contribution is -2.50. The summed E-state index contributed by atoms with van der Waals surface area (Å²) in [5, 5.41) is 29.4. The minimum absolute atomic E-state index is 0.0143. The van der Waals surface area contributed by atoms with E-state index in [1.807, 2.05) is 44.2 Å². The molecule has 8 nitrogen and oxygen atoms in total. The number of alkyl halides is 2. The molecule has 1 fully saturated rings. The van der Waals surface area contributed by atoms with E-state index in [1.54, 1.807) is 4.90 Å². The third kappa shape index (κ3) is 11.4. The fraction of sp³-hybridized carbons (Fsp3) is 0.688. The largest absolute Gasteiger partial charge is 0.481 e. The Labute approximate surface area is 250 Å². The number of rotatable bonds is 17. The molecule has 1 aromatic carbocycles. The van der Waals surface area contributed by atoms with Crippen LogP contribution < -0.4 is 5.32 Å². The van der Waals surface area contributed by atoms with Crippen molar-refractivity contribution in [2.75, 3.05) is 13.1 Å². The van der Waals surface area contributed by atoms with E-state index in [0.717, 1.165) is 18.4 Å². The molecular formula is C32H51F2N5O3. The van der Waals surface area contributed by atoms with Crippen LogP contribution in [0.4, 0.5) is 8.78 Å². The average molecular weight is 592 g/mol. The summed E-state index contributed by atoms with van der Waals surface area (Å²) in [6, 6.07) is 9.51. The van der Waals surface area contributed by atoms with Crippen molar-refractivity contribution in [3.63, 3.8) is 0 Å². The summed E-state index contributed by atoms with van der Waals surface area (Å²) in [6.45, 7) is 9.44. The maximum Gasteiger partial charge on any atom is 0.303 e. The van der Waals surface area contributed by atoms with Crippen LogP contribution >= 0.6 is 0 Å². The number of carboxylic acid groups (broad SMARTS) is 1. The van der Waals surface area contributed by atoms with Gasteiger partial charge in [0.2, 0.25) is 11.8 Å². The highest BCUT2D eigenvalue weighted by Gasteiger charge is 2.38. The van der Waals surface area contributed by atoms with Gasteiger partial charge in [-0.25, -0.2) is 8.78 Å². The molecule has 1 aliphatic rings. The number of nitrogens with one attached hydrogen (secondary N) is 3. The third-order valence-corrected chi connectivity index (χ3v) is 8.30. The fourth-order valence-electron chi connectivity index (χ4n) is 5.80. The Morgan fingerprint density at radius 1 is 1.02 bits per heavy atom. The lowest BCUT2D eigenvalue weighted by Gasteiger charge is -2.38. The number of nitrogens with zero attached hydrogens (tertiary/aromatic N) is 2. The van der Waals surface area contributed by atoms with E-state index >= 15 is 0 Å². The highest BCUT2D eigenvalue weighted by molar-refractivity contribution is 5.98. The van der Waals surface area contributed by atoms with Crippen molar-refractivity contribution in [2.45, 2.75) is 122 Å². The number of amidine groups is 2. The molecule has 10 heteroatoms. The van der Waals surface area contributed by atoms with Crippen LogP contribution in [0, 0.1) is 16.7 Å². The molecule has 0 bridgehead atoms. The van der Waals surface area contributed by atoms with Crippen molar-refractivity contribution in [2.24, 2.45) is 5.92 Å². The number of carboxylic acids is 1. The highest BCUT2D eigenvalue weighted by Crippen LogP contribution is 2.36. The van der Waals surface area contributed by atoms with Gasteiger partial charge in [0, 0.05) is 63.2 Å². The second kappa shape index (κ2) is 17.3. The fourth-order valence-corrected chi connectivity index (χ4v) is 5.80. The number of carbonyl (C=O) groups excluding carboxylic acids is 1. The number of halogens is 2. The van der Waals surface area contributed by atoms with Gasteiger partial charge >= 0.3 is 5.97 Å².